The van der Waals surface area contributed by atoms with E-state index in [0.29, 0.717) is 17.8 Å². The highest BCUT2D eigenvalue weighted by atomic mass is 32.2. The number of carbonyl (C=O) groups is 1. The minimum Gasteiger partial charge on any atom is -0.387 e. The molecule has 0 bridgehead atoms. The average molecular weight is 409 g/mol. The third kappa shape index (κ3) is 5.07. The number of hydrogen-bond acceptors (Lipinski definition) is 5. The fourth-order valence-corrected chi connectivity index (χ4v) is 3.86. The maximum atomic E-state index is 13.1. The van der Waals surface area contributed by atoms with Crippen molar-refractivity contribution in [3.05, 3.63) is 47.8 Å². The van der Waals surface area contributed by atoms with Crippen LogP contribution in [-0.4, -0.2) is 41.0 Å². The molecule has 3 rings (SSSR count). The summed E-state index contributed by atoms with van der Waals surface area (Å²) >= 11 is 1.66. The molecule has 0 spiro atoms. The fourth-order valence-electron chi connectivity index (χ4n) is 3.45. The molecule has 1 aromatic carbocycles. The van der Waals surface area contributed by atoms with Crippen molar-refractivity contribution < 1.29 is 4.79 Å². The van der Waals surface area contributed by atoms with Crippen molar-refractivity contribution in [1.82, 2.24) is 9.88 Å². The van der Waals surface area contributed by atoms with E-state index in [-0.39, 0.29) is 5.91 Å². The van der Waals surface area contributed by atoms with E-state index >= 15 is 0 Å². The van der Waals surface area contributed by atoms with Gasteiger partial charge in [0, 0.05) is 53.5 Å². The number of pyridine rings is 1. The molecule has 0 fully saturated rings. The predicted molar refractivity (Wildman–Crippen MR) is 122 cm³/mol. The van der Waals surface area contributed by atoms with Gasteiger partial charge in [-0.2, -0.15) is 0 Å². The SMILES string of the molecule is CCCN(CCC)C(=O)C1=Cc2ccc(-c3cncc(SC)c3)cc2N=C(N)C1. The lowest BCUT2D eigenvalue weighted by atomic mass is 10.0. The van der Waals surface area contributed by atoms with Crippen LogP contribution < -0.4 is 5.73 Å². The molecular weight excluding hydrogens is 380 g/mol. The number of fused-ring (bicyclic) bond motifs is 1. The lowest BCUT2D eigenvalue weighted by Gasteiger charge is -2.22. The number of amides is 1. The summed E-state index contributed by atoms with van der Waals surface area (Å²) in [6.45, 7) is 5.69. The molecule has 152 valence electrons. The van der Waals surface area contributed by atoms with E-state index in [1.165, 1.54) is 0 Å². The molecule has 2 aromatic rings. The lowest BCUT2D eigenvalue weighted by molar-refractivity contribution is -0.127. The number of rotatable bonds is 7. The smallest absolute Gasteiger partial charge is 0.250 e. The van der Waals surface area contributed by atoms with Gasteiger partial charge < -0.3 is 10.6 Å². The van der Waals surface area contributed by atoms with E-state index in [1.54, 1.807) is 11.8 Å². The number of carbonyl (C=O) groups excluding carboxylic acids is 1. The third-order valence-electron chi connectivity index (χ3n) is 4.83. The minimum atomic E-state index is 0.0562. The molecular formula is C23H28N4OS. The number of benzene rings is 1. The van der Waals surface area contributed by atoms with Gasteiger partial charge in [0.15, 0.2) is 0 Å². The van der Waals surface area contributed by atoms with Crippen LogP contribution in [0.5, 0.6) is 0 Å². The lowest BCUT2D eigenvalue weighted by Crippen LogP contribution is -2.34. The summed E-state index contributed by atoms with van der Waals surface area (Å²) in [7, 11) is 0. The zero-order valence-corrected chi connectivity index (χ0v) is 18.1. The van der Waals surface area contributed by atoms with Crippen molar-refractivity contribution in [2.75, 3.05) is 19.3 Å². The van der Waals surface area contributed by atoms with E-state index in [9.17, 15) is 4.79 Å². The molecule has 0 saturated carbocycles. The molecule has 0 atom stereocenters. The molecule has 5 nitrogen and oxygen atoms in total. The van der Waals surface area contributed by atoms with Gasteiger partial charge in [-0.25, -0.2) is 4.99 Å². The number of nitrogens with two attached hydrogens (primary N) is 1. The van der Waals surface area contributed by atoms with Gasteiger partial charge in [0.25, 0.3) is 0 Å². The maximum absolute atomic E-state index is 13.1. The molecule has 0 radical (unpaired) electrons. The largest absolute Gasteiger partial charge is 0.387 e. The summed E-state index contributed by atoms with van der Waals surface area (Å²) < 4.78 is 0. The summed E-state index contributed by atoms with van der Waals surface area (Å²) in [5, 5.41) is 0. The van der Waals surface area contributed by atoms with Crippen LogP contribution >= 0.6 is 11.8 Å². The first-order valence-electron chi connectivity index (χ1n) is 10.0. The van der Waals surface area contributed by atoms with Crippen LogP contribution in [0.1, 0.15) is 38.7 Å². The van der Waals surface area contributed by atoms with Gasteiger partial charge in [0.05, 0.1) is 5.69 Å². The van der Waals surface area contributed by atoms with Crippen LogP contribution in [0, 0.1) is 0 Å². The second-order valence-corrected chi connectivity index (χ2v) is 8.01. The molecule has 2 heterocycles. The summed E-state index contributed by atoms with van der Waals surface area (Å²) in [5.74, 6) is 0.519. The number of thioether (sulfide) groups is 1. The molecule has 0 aliphatic carbocycles. The Morgan fingerprint density at radius 2 is 1.90 bits per heavy atom. The van der Waals surface area contributed by atoms with Gasteiger partial charge in [-0.05, 0) is 42.9 Å². The highest BCUT2D eigenvalue weighted by molar-refractivity contribution is 7.98. The van der Waals surface area contributed by atoms with Crippen molar-refractivity contribution in [2.45, 2.75) is 38.0 Å². The number of nitrogens with zero attached hydrogens (tertiary/aromatic N) is 3. The number of aromatic nitrogens is 1. The Hall–Kier alpha value is -2.60. The Morgan fingerprint density at radius 3 is 2.59 bits per heavy atom. The van der Waals surface area contributed by atoms with Crippen molar-refractivity contribution in [3.63, 3.8) is 0 Å². The Labute approximate surface area is 177 Å². The molecule has 6 heteroatoms. The predicted octanol–water partition coefficient (Wildman–Crippen LogP) is 4.89. The molecule has 1 aliphatic rings. The topological polar surface area (TPSA) is 71.6 Å². The zero-order chi connectivity index (χ0) is 20.8. The Bertz CT molecular complexity index is 946. The van der Waals surface area contributed by atoms with E-state index < -0.39 is 0 Å². The van der Waals surface area contributed by atoms with Crippen LogP contribution in [0.4, 0.5) is 5.69 Å². The van der Waals surface area contributed by atoms with Gasteiger partial charge >= 0.3 is 0 Å². The van der Waals surface area contributed by atoms with E-state index in [2.05, 4.69) is 29.9 Å². The highest BCUT2D eigenvalue weighted by Crippen LogP contribution is 2.32. The maximum Gasteiger partial charge on any atom is 0.250 e. The summed E-state index contributed by atoms with van der Waals surface area (Å²) in [6.07, 6.45) is 9.93. The normalized spacial score (nSPS) is 13.2. The van der Waals surface area contributed by atoms with Crippen LogP contribution in [0.3, 0.4) is 0 Å². The molecule has 0 unspecified atom stereocenters. The molecule has 1 amide bonds. The highest BCUT2D eigenvalue weighted by Gasteiger charge is 2.21. The summed E-state index contributed by atoms with van der Waals surface area (Å²) in [6, 6.07) is 8.19. The number of hydrogen-bond donors (Lipinski definition) is 1. The van der Waals surface area contributed by atoms with Gasteiger partial charge in [-0.1, -0.05) is 26.0 Å². The Balaban J connectivity index is 1.97. The third-order valence-corrected chi connectivity index (χ3v) is 5.52. The van der Waals surface area contributed by atoms with Crippen molar-refractivity contribution >= 4 is 35.3 Å². The first-order chi connectivity index (χ1) is 14.0. The van der Waals surface area contributed by atoms with Gasteiger partial charge in [0.1, 0.15) is 5.84 Å². The van der Waals surface area contributed by atoms with Crippen LogP contribution in [0.2, 0.25) is 0 Å². The van der Waals surface area contributed by atoms with Crippen molar-refractivity contribution in [1.29, 1.82) is 0 Å². The summed E-state index contributed by atoms with van der Waals surface area (Å²) in [5.41, 5.74) is 10.7. The van der Waals surface area contributed by atoms with Gasteiger partial charge in [-0.3, -0.25) is 9.78 Å². The molecule has 0 saturated heterocycles. The van der Waals surface area contributed by atoms with E-state index in [0.717, 1.165) is 53.2 Å². The second-order valence-electron chi connectivity index (χ2n) is 7.13. The Morgan fingerprint density at radius 1 is 1.14 bits per heavy atom. The van der Waals surface area contributed by atoms with Crippen molar-refractivity contribution in [2.24, 2.45) is 10.7 Å². The molecule has 29 heavy (non-hydrogen) atoms. The quantitative estimate of drug-likeness (QED) is 0.662. The van der Waals surface area contributed by atoms with Crippen LogP contribution in [0.25, 0.3) is 17.2 Å². The standard InChI is InChI=1S/C23H28N4OS/c1-4-8-27(9-5-2)23(28)18-10-17-7-6-16(12-21(17)26-22(24)13-18)19-11-20(29-3)15-25-14-19/h6-7,10-12,14-15H,4-5,8-9,13H2,1-3H3,(H2,24,26). The number of amidine groups is 1. The first kappa shape index (κ1) is 21.1. The zero-order valence-electron chi connectivity index (χ0n) is 17.3. The van der Waals surface area contributed by atoms with Gasteiger partial charge in [0.2, 0.25) is 5.91 Å². The fraction of sp³-hybridized carbons (Fsp3) is 0.348. The molecule has 1 aliphatic heterocycles. The van der Waals surface area contributed by atoms with Crippen LogP contribution in [0.15, 0.2) is 52.1 Å². The summed E-state index contributed by atoms with van der Waals surface area (Å²) in [4.78, 5) is 25.0. The van der Waals surface area contributed by atoms with Crippen molar-refractivity contribution in [3.8, 4) is 11.1 Å². The monoisotopic (exact) mass is 408 g/mol. The Kier molecular flexibility index (Phi) is 7.09. The second kappa shape index (κ2) is 9.74. The molecule has 2 N–H and O–H groups in total. The average Bonchev–Trinajstić information content (AvgIpc) is 2.90. The van der Waals surface area contributed by atoms with E-state index in [1.807, 2.05) is 47.8 Å². The minimum absolute atomic E-state index is 0.0562. The van der Waals surface area contributed by atoms with Gasteiger partial charge in [-0.15, -0.1) is 11.8 Å². The molecule has 1 aromatic heterocycles. The first-order valence-corrected chi connectivity index (χ1v) is 11.2. The number of aliphatic imine (C=N–C) groups is 1. The van der Waals surface area contributed by atoms with Crippen LogP contribution in [-0.2, 0) is 4.79 Å². The van der Waals surface area contributed by atoms with E-state index in [4.69, 9.17) is 5.73 Å².